The highest BCUT2D eigenvalue weighted by atomic mass is 19.4. The van der Waals surface area contributed by atoms with Gasteiger partial charge in [0, 0.05) is 6.54 Å². The number of halogens is 4. The Morgan fingerprint density at radius 3 is 2.61 bits per heavy atom. The molecule has 0 aliphatic heterocycles. The molecule has 0 unspecified atom stereocenters. The maximum Gasteiger partial charge on any atom is 0.419 e. The fourth-order valence-electron chi connectivity index (χ4n) is 1.25. The largest absolute Gasteiger partial charge is 0.419 e. The molecule has 18 heavy (non-hydrogen) atoms. The maximum atomic E-state index is 13.5. The van der Waals surface area contributed by atoms with Crippen molar-refractivity contribution in [1.29, 1.82) is 5.26 Å². The Bertz CT molecular complexity index is 491. The summed E-state index contributed by atoms with van der Waals surface area (Å²) in [6, 6.07) is 4.19. The second kappa shape index (κ2) is 5.49. The summed E-state index contributed by atoms with van der Waals surface area (Å²) in [5.41, 5.74) is -2.18. The first kappa shape index (κ1) is 14.0. The van der Waals surface area contributed by atoms with Gasteiger partial charge in [-0.05, 0) is 12.1 Å². The van der Waals surface area contributed by atoms with E-state index < -0.39 is 29.0 Å². The van der Waals surface area contributed by atoms with Gasteiger partial charge in [0.1, 0.15) is 5.82 Å². The van der Waals surface area contributed by atoms with Crippen LogP contribution in [0.25, 0.3) is 0 Å². The number of hydrogen-bond acceptors (Lipinski definition) is 2. The van der Waals surface area contributed by atoms with Gasteiger partial charge in [0.05, 0.1) is 23.6 Å². The quantitative estimate of drug-likeness (QED) is 0.670. The monoisotopic (exact) mass is 260 g/mol. The lowest BCUT2D eigenvalue weighted by Crippen LogP contribution is -2.26. The second-order valence-corrected chi connectivity index (χ2v) is 3.33. The van der Waals surface area contributed by atoms with Gasteiger partial charge in [-0.1, -0.05) is 6.07 Å². The van der Waals surface area contributed by atoms with Gasteiger partial charge in [-0.2, -0.15) is 18.4 Å². The van der Waals surface area contributed by atoms with Crippen molar-refractivity contribution in [2.24, 2.45) is 0 Å². The van der Waals surface area contributed by atoms with Crippen LogP contribution in [-0.4, -0.2) is 12.5 Å². The molecular formula is C11H8F4N2O. The Balaban J connectivity index is 2.98. The first-order valence-electron chi connectivity index (χ1n) is 4.88. The molecule has 1 N–H and O–H groups in total. The Morgan fingerprint density at radius 2 is 2.06 bits per heavy atom. The van der Waals surface area contributed by atoms with E-state index in [-0.39, 0.29) is 13.0 Å². The average Bonchev–Trinajstić information content (AvgIpc) is 2.28. The van der Waals surface area contributed by atoms with Gasteiger partial charge < -0.3 is 5.32 Å². The summed E-state index contributed by atoms with van der Waals surface area (Å²) in [4.78, 5) is 11.4. The molecule has 0 aromatic heterocycles. The van der Waals surface area contributed by atoms with Gasteiger partial charge in [-0.15, -0.1) is 0 Å². The van der Waals surface area contributed by atoms with Crippen LogP contribution in [0.15, 0.2) is 18.2 Å². The van der Waals surface area contributed by atoms with Gasteiger partial charge >= 0.3 is 6.18 Å². The topological polar surface area (TPSA) is 52.9 Å². The fraction of sp³-hybridized carbons (Fsp3) is 0.273. The highest BCUT2D eigenvalue weighted by Crippen LogP contribution is 2.32. The van der Waals surface area contributed by atoms with Gasteiger partial charge in [0.25, 0.3) is 5.91 Å². The van der Waals surface area contributed by atoms with Gasteiger partial charge in [0.2, 0.25) is 0 Å². The Kier molecular flexibility index (Phi) is 4.26. The summed E-state index contributed by atoms with van der Waals surface area (Å²) in [7, 11) is 0. The molecule has 0 heterocycles. The van der Waals surface area contributed by atoms with E-state index >= 15 is 0 Å². The lowest BCUT2D eigenvalue weighted by molar-refractivity contribution is -0.140. The number of carbonyl (C=O) groups excluding carboxylic acids is 1. The molecule has 0 saturated heterocycles. The summed E-state index contributed by atoms with van der Waals surface area (Å²) in [6.07, 6.45) is -4.86. The molecular weight excluding hydrogens is 252 g/mol. The molecule has 0 aliphatic carbocycles. The van der Waals surface area contributed by atoms with Crippen LogP contribution < -0.4 is 5.32 Å². The number of amides is 1. The van der Waals surface area contributed by atoms with Crippen LogP contribution in [0, 0.1) is 17.1 Å². The second-order valence-electron chi connectivity index (χ2n) is 3.33. The minimum atomic E-state index is -4.85. The number of benzene rings is 1. The van der Waals surface area contributed by atoms with E-state index in [0.717, 1.165) is 12.1 Å². The van der Waals surface area contributed by atoms with Crippen LogP contribution in [0.4, 0.5) is 17.6 Å². The van der Waals surface area contributed by atoms with Crippen LogP contribution in [0.1, 0.15) is 22.3 Å². The summed E-state index contributed by atoms with van der Waals surface area (Å²) >= 11 is 0. The predicted octanol–water partition coefficient (Wildman–Crippen LogP) is 2.49. The van der Waals surface area contributed by atoms with Crippen LogP contribution in [-0.2, 0) is 6.18 Å². The molecule has 0 spiro atoms. The summed E-state index contributed by atoms with van der Waals surface area (Å²) < 4.78 is 50.6. The maximum absolute atomic E-state index is 13.5. The highest BCUT2D eigenvalue weighted by Gasteiger charge is 2.35. The summed E-state index contributed by atoms with van der Waals surface area (Å²) in [5.74, 6) is -2.59. The van der Waals surface area contributed by atoms with Crippen molar-refractivity contribution in [3.8, 4) is 6.07 Å². The smallest absolute Gasteiger partial charge is 0.351 e. The Morgan fingerprint density at radius 1 is 1.39 bits per heavy atom. The van der Waals surface area contributed by atoms with E-state index in [1.54, 1.807) is 6.07 Å². The lowest BCUT2D eigenvalue weighted by Gasteiger charge is -2.10. The molecule has 1 rings (SSSR count). The number of alkyl halides is 3. The third-order valence-corrected chi connectivity index (χ3v) is 2.07. The standard InChI is InChI=1S/C11H8F4N2O/c12-9-7(10(18)17-6-2-5-16)3-1-4-8(9)11(13,14)15/h1,3-4H,2,6H2,(H,17,18). The fourth-order valence-corrected chi connectivity index (χ4v) is 1.25. The molecule has 1 aromatic rings. The molecule has 7 heteroatoms. The number of nitriles is 1. The molecule has 0 aliphatic rings. The molecule has 0 fully saturated rings. The third-order valence-electron chi connectivity index (χ3n) is 2.07. The molecule has 3 nitrogen and oxygen atoms in total. The number of nitrogens with zero attached hydrogens (tertiary/aromatic N) is 1. The lowest BCUT2D eigenvalue weighted by atomic mass is 10.1. The molecule has 1 aromatic carbocycles. The van der Waals surface area contributed by atoms with E-state index in [9.17, 15) is 22.4 Å². The predicted molar refractivity (Wildman–Crippen MR) is 54.0 cm³/mol. The SMILES string of the molecule is N#CCCNC(=O)c1cccc(C(F)(F)F)c1F. The van der Waals surface area contributed by atoms with Crippen LogP contribution in [0.3, 0.4) is 0 Å². The van der Waals surface area contributed by atoms with Gasteiger partial charge in [-0.3, -0.25) is 4.79 Å². The zero-order valence-electron chi connectivity index (χ0n) is 9.01. The van der Waals surface area contributed by atoms with Crippen molar-refractivity contribution in [3.05, 3.63) is 35.1 Å². The van der Waals surface area contributed by atoms with E-state index in [2.05, 4.69) is 5.32 Å². The minimum Gasteiger partial charge on any atom is -0.351 e. The number of carbonyl (C=O) groups is 1. The van der Waals surface area contributed by atoms with Gasteiger partial charge in [0.15, 0.2) is 0 Å². The zero-order chi connectivity index (χ0) is 13.8. The van der Waals surface area contributed by atoms with Crippen molar-refractivity contribution in [1.82, 2.24) is 5.32 Å². The molecule has 0 saturated carbocycles. The molecule has 0 bridgehead atoms. The van der Waals surface area contributed by atoms with Crippen molar-refractivity contribution < 1.29 is 22.4 Å². The Hall–Kier alpha value is -2.10. The highest BCUT2D eigenvalue weighted by molar-refractivity contribution is 5.94. The van der Waals surface area contributed by atoms with Crippen molar-refractivity contribution in [2.75, 3.05) is 6.54 Å². The van der Waals surface area contributed by atoms with Crippen molar-refractivity contribution in [3.63, 3.8) is 0 Å². The van der Waals surface area contributed by atoms with Crippen LogP contribution in [0.2, 0.25) is 0 Å². The van der Waals surface area contributed by atoms with E-state index in [0.29, 0.717) is 6.07 Å². The number of rotatable bonds is 3. The number of nitrogens with one attached hydrogen (secondary N) is 1. The average molecular weight is 260 g/mol. The first-order chi connectivity index (χ1) is 8.38. The van der Waals surface area contributed by atoms with Crippen molar-refractivity contribution in [2.45, 2.75) is 12.6 Å². The minimum absolute atomic E-state index is 0.00762. The molecule has 96 valence electrons. The summed E-state index contributed by atoms with van der Waals surface area (Å²) in [5, 5.41) is 10.4. The zero-order valence-corrected chi connectivity index (χ0v) is 9.01. The van der Waals surface area contributed by atoms with E-state index in [1.165, 1.54) is 0 Å². The molecule has 1 amide bonds. The van der Waals surface area contributed by atoms with Crippen LogP contribution >= 0.6 is 0 Å². The Labute approximate surface area is 100 Å². The van der Waals surface area contributed by atoms with Crippen LogP contribution in [0.5, 0.6) is 0 Å². The third kappa shape index (κ3) is 3.20. The van der Waals surface area contributed by atoms with Gasteiger partial charge in [-0.25, -0.2) is 4.39 Å². The molecule has 0 atom stereocenters. The summed E-state index contributed by atoms with van der Waals surface area (Å²) in [6.45, 7) is -0.0506. The first-order valence-corrected chi connectivity index (χ1v) is 4.88. The van der Waals surface area contributed by atoms with E-state index in [1.807, 2.05) is 0 Å². The number of hydrogen-bond donors (Lipinski definition) is 1. The normalized spacial score (nSPS) is 10.8. The van der Waals surface area contributed by atoms with Crippen molar-refractivity contribution >= 4 is 5.91 Å². The molecule has 0 radical (unpaired) electrons. The van der Waals surface area contributed by atoms with E-state index in [4.69, 9.17) is 5.26 Å².